The zero-order valence-electron chi connectivity index (χ0n) is 16.8. The molecule has 0 aliphatic carbocycles. The maximum atomic E-state index is 12.5. The molecule has 32 heavy (non-hydrogen) atoms. The summed E-state index contributed by atoms with van der Waals surface area (Å²) < 4.78 is 0. The maximum Gasteiger partial charge on any atom is 0.293 e. The molecule has 0 aliphatic heterocycles. The Morgan fingerprint density at radius 2 is 1.84 bits per heavy atom. The predicted molar refractivity (Wildman–Crippen MR) is 126 cm³/mol. The Bertz CT molecular complexity index is 1250. The average Bonchev–Trinajstić information content (AvgIpc) is 2.79. The van der Waals surface area contributed by atoms with E-state index in [0.717, 1.165) is 5.69 Å². The molecule has 160 valence electrons. The molecule has 0 saturated heterocycles. The van der Waals surface area contributed by atoms with Crippen LogP contribution in [0.5, 0.6) is 0 Å². The summed E-state index contributed by atoms with van der Waals surface area (Å²) in [5.74, 6) is -0.718. The average molecular weight is 467 g/mol. The highest BCUT2D eigenvalue weighted by Gasteiger charge is 2.19. The van der Waals surface area contributed by atoms with Gasteiger partial charge in [0.2, 0.25) is 0 Å². The SMILES string of the molecule is CN(c1ccccc1)c1ccc(/C=C(/C#N)C(=O)Nc2cc(Cl)ccc2Cl)cc1[N+](=O)[O-]. The molecular formula is C23H16Cl2N4O3. The summed E-state index contributed by atoms with van der Waals surface area (Å²) in [6.45, 7) is 0. The molecule has 0 radical (unpaired) electrons. The fourth-order valence-electron chi connectivity index (χ4n) is 2.95. The molecule has 0 heterocycles. The highest BCUT2D eigenvalue weighted by molar-refractivity contribution is 6.36. The van der Waals surface area contributed by atoms with Crippen molar-refractivity contribution in [3.05, 3.63) is 98.0 Å². The fourth-order valence-corrected chi connectivity index (χ4v) is 3.29. The highest BCUT2D eigenvalue weighted by Crippen LogP contribution is 2.33. The summed E-state index contributed by atoms with van der Waals surface area (Å²) in [5, 5.41) is 24.3. The molecule has 0 fully saturated rings. The number of carbonyl (C=O) groups is 1. The van der Waals surface area contributed by atoms with Crippen molar-refractivity contribution >= 4 is 57.9 Å². The van der Waals surface area contributed by atoms with E-state index in [1.807, 2.05) is 36.4 Å². The molecular weight excluding hydrogens is 451 g/mol. The van der Waals surface area contributed by atoms with E-state index < -0.39 is 10.8 Å². The van der Waals surface area contributed by atoms with Crippen LogP contribution in [-0.2, 0) is 4.79 Å². The normalized spacial score (nSPS) is 10.9. The van der Waals surface area contributed by atoms with Crippen LogP contribution >= 0.6 is 23.2 Å². The number of amides is 1. The van der Waals surface area contributed by atoms with Gasteiger partial charge in [-0.1, -0.05) is 47.5 Å². The van der Waals surface area contributed by atoms with Crippen LogP contribution in [0.25, 0.3) is 6.08 Å². The lowest BCUT2D eigenvalue weighted by atomic mass is 10.1. The van der Waals surface area contributed by atoms with Gasteiger partial charge in [0.1, 0.15) is 17.3 Å². The van der Waals surface area contributed by atoms with Crippen molar-refractivity contribution in [3.63, 3.8) is 0 Å². The third-order valence-electron chi connectivity index (χ3n) is 4.55. The highest BCUT2D eigenvalue weighted by atomic mass is 35.5. The number of hydrogen-bond acceptors (Lipinski definition) is 5. The van der Waals surface area contributed by atoms with Crippen molar-refractivity contribution in [3.8, 4) is 6.07 Å². The molecule has 1 N–H and O–H groups in total. The largest absolute Gasteiger partial charge is 0.339 e. The lowest BCUT2D eigenvalue weighted by Crippen LogP contribution is -2.14. The topological polar surface area (TPSA) is 99.3 Å². The van der Waals surface area contributed by atoms with Crippen LogP contribution in [0.2, 0.25) is 10.0 Å². The van der Waals surface area contributed by atoms with E-state index in [0.29, 0.717) is 16.3 Å². The van der Waals surface area contributed by atoms with Crippen LogP contribution in [0.4, 0.5) is 22.7 Å². The van der Waals surface area contributed by atoms with E-state index >= 15 is 0 Å². The second-order valence-corrected chi connectivity index (χ2v) is 7.49. The van der Waals surface area contributed by atoms with Gasteiger partial charge in [0.25, 0.3) is 11.6 Å². The van der Waals surface area contributed by atoms with Gasteiger partial charge in [-0.2, -0.15) is 5.26 Å². The molecule has 0 spiro atoms. The number of carbonyl (C=O) groups excluding carboxylic acids is 1. The first-order valence-corrected chi connectivity index (χ1v) is 10.0. The molecule has 3 aromatic carbocycles. The number of benzene rings is 3. The van der Waals surface area contributed by atoms with Crippen molar-refractivity contribution < 1.29 is 9.72 Å². The summed E-state index contributed by atoms with van der Waals surface area (Å²) in [4.78, 5) is 25.4. The third-order valence-corrected chi connectivity index (χ3v) is 5.12. The standard InChI is InChI=1S/C23H16Cl2N4O3/c1-28(18-5-3-2-4-6-18)21-10-7-15(12-22(21)29(31)32)11-16(14-26)23(30)27-20-13-17(24)8-9-19(20)25/h2-13H,1H3,(H,27,30)/b16-11-. The van der Waals surface area contributed by atoms with Gasteiger partial charge in [-0.3, -0.25) is 14.9 Å². The molecule has 0 unspecified atom stereocenters. The Morgan fingerprint density at radius 1 is 1.12 bits per heavy atom. The van der Waals surface area contributed by atoms with Crippen LogP contribution < -0.4 is 10.2 Å². The van der Waals surface area contributed by atoms with E-state index in [-0.39, 0.29) is 22.0 Å². The summed E-state index contributed by atoms with van der Waals surface area (Å²) >= 11 is 12.0. The van der Waals surface area contributed by atoms with Crippen molar-refractivity contribution in [1.29, 1.82) is 5.26 Å². The molecule has 0 aliphatic rings. The van der Waals surface area contributed by atoms with Gasteiger partial charge in [0.15, 0.2) is 0 Å². The van der Waals surface area contributed by atoms with Gasteiger partial charge in [-0.05, 0) is 48.0 Å². The smallest absolute Gasteiger partial charge is 0.293 e. The third kappa shape index (κ3) is 5.24. The van der Waals surface area contributed by atoms with Gasteiger partial charge in [0, 0.05) is 23.8 Å². The molecule has 7 nitrogen and oxygen atoms in total. The van der Waals surface area contributed by atoms with Gasteiger partial charge in [-0.25, -0.2) is 0 Å². The van der Waals surface area contributed by atoms with Crippen LogP contribution in [0.1, 0.15) is 5.56 Å². The Kier molecular flexibility index (Phi) is 7.11. The second-order valence-electron chi connectivity index (χ2n) is 6.65. The number of halogens is 2. The Morgan fingerprint density at radius 3 is 2.50 bits per heavy atom. The quantitative estimate of drug-likeness (QED) is 0.201. The summed E-state index contributed by atoms with van der Waals surface area (Å²) in [5.41, 5.74) is 1.29. The van der Waals surface area contributed by atoms with Gasteiger partial charge in [-0.15, -0.1) is 0 Å². The van der Waals surface area contributed by atoms with E-state index in [9.17, 15) is 20.2 Å². The number of para-hydroxylation sites is 1. The number of nitro groups is 1. The first kappa shape index (κ1) is 22.8. The maximum absolute atomic E-state index is 12.5. The molecule has 0 atom stereocenters. The molecule has 3 aromatic rings. The lowest BCUT2D eigenvalue weighted by molar-refractivity contribution is -0.384. The van der Waals surface area contributed by atoms with Gasteiger partial charge < -0.3 is 10.2 Å². The molecule has 1 amide bonds. The predicted octanol–water partition coefficient (Wildman–Crippen LogP) is 6.22. The van der Waals surface area contributed by atoms with E-state index in [2.05, 4.69) is 5.32 Å². The number of nitrogens with one attached hydrogen (secondary N) is 1. The lowest BCUT2D eigenvalue weighted by Gasteiger charge is -2.19. The first-order chi connectivity index (χ1) is 15.3. The Labute approximate surface area is 194 Å². The number of nitriles is 1. The molecule has 3 rings (SSSR count). The monoisotopic (exact) mass is 466 g/mol. The van der Waals surface area contributed by atoms with E-state index in [1.54, 1.807) is 30.1 Å². The number of rotatable bonds is 6. The molecule has 0 aromatic heterocycles. The molecule has 0 bridgehead atoms. The number of nitrogens with zero attached hydrogens (tertiary/aromatic N) is 3. The van der Waals surface area contributed by atoms with Gasteiger partial charge in [0.05, 0.1) is 15.6 Å². The van der Waals surface area contributed by atoms with E-state index in [4.69, 9.17) is 23.2 Å². The minimum atomic E-state index is -0.718. The number of nitro benzene ring substituents is 1. The van der Waals surface area contributed by atoms with Gasteiger partial charge >= 0.3 is 0 Å². The Balaban J connectivity index is 1.93. The summed E-state index contributed by atoms with van der Waals surface area (Å²) in [6.07, 6.45) is 1.27. The van der Waals surface area contributed by atoms with Crippen LogP contribution in [0.15, 0.2) is 72.3 Å². The zero-order valence-corrected chi connectivity index (χ0v) is 18.3. The second kappa shape index (κ2) is 9.96. The fraction of sp³-hybridized carbons (Fsp3) is 0.0435. The van der Waals surface area contributed by atoms with Crippen molar-refractivity contribution in [2.75, 3.05) is 17.3 Å². The molecule has 0 saturated carbocycles. The Hall–Kier alpha value is -3.86. The first-order valence-electron chi connectivity index (χ1n) is 9.25. The zero-order chi connectivity index (χ0) is 23.3. The van der Waals surface area contributed by atoms with Crippen molar-refractivity contribution in [2.24, 2.45) is 0 Å². The van der Waals surface area contributed by atoms with Crippen molar-refractivity contribution in [2.45, 2.75) is 0 Å². The summed E-state index contributed by atoms with van der Waals surface area (Å²) in [7, 11) is 1.72. The van der Waals surface area contributed by atoms with E-state index in [1.165, 1.54) is 24.3 Å². The summed E-state index contributed by atoms with van der Waals surface area (Å²) in [6, 6.07) is 20.0. The number of anilines is 3. The minimum Gasteiger partial charge on any atom is -0.339 e. The minimum absolute atomic E-state index is 0.166. The number of hydrogen-bond donors (Lipinski definition) is 1. The molecule has 9 heteroatoms. The van der Waals surface area contributed by atoms with Crippen LogP contribution in [0.3, 0.4) is 0 Å². The van der Waals surface area contributed by atoms with Crippen LogP contribution in [0, 0.1) is 21.4 Å². The van der Waals surface area contributed by atoms with Crippen molar-refractivity contribution in [1.82, 2.24) is 0 Å². The van der Waals surface area contributed by atoms with Crippen LogP contribution in [-0.4, -0.2) is 17.9 Å².